The highest BCUT2D eigenvalue weighted by Crippen LogP contribution is 2.46. The number of nitrogens with zero attached hydrogens (tertiary/aromatic N) is 1. The average Bonchev–Trinajstić information content (AvgIpc) is 3.55. The molecule has 8 nitrogen and oxygen atoms in total. The van der Waals surface area contributed by atoms with Crippen LogP contribution in [-0.4, -0.2) is 34.4 Å². The number of pyridine rings is 1. The largest absolute Gasteiger partial charge is 0.494 e. The number of aryl methyl sites for hydroxylation is 1. The number of carbonyl (C=O) groups is 2. The van der Waals surface area contributed by atoms with Gasteiger partial charge in [0.05, 0.1) is 24.1 Å². The van der Waals surface area contributed by atoms with Gasteiger partial charge in [0.1, 0.15) is 11.2 Å². The van der Waals surface area contributed by atoms with Crippen molar-refractivity contribution in [2.24, 2.45) is 0 Å². The van der Waals surface area contributed by atoms with Gasteiger partial charge in [-0.3, -0.25) is 4.79 Å². The first-order valence-electron chi connectivity index (χ1n) is 12.2. The molecule has 1 atom stereocenters. The van der Waals surface area contributed by atoms with Crippen molar-refractivity contribution in [3.63, 3.8) is 0 Å². The maximum Gasteiger partial charge on any atom is 0.408 e. The highest BCUT2D eigenvalue weighted by Gasteiger charge is 2.31. The third-order valence-electron chi connectivity index (χ3n) is 6.59. The summed E-state index contributed by atoms with van der Waals surface area (Å²) in [5, 5.41) is 12.9. The molecule has 0 bridgehead atoms. The first-order valence-corrected chi connectivity index (χ1v) is 13.0. The number of amides is 1. The Kier molecular flexibility index (Phi) is 6.06. The molecule has 2 N–H and O–H groups in total. The van der Waals surface area contributed by atoms with Gasteiger partial charge >= 0.3 is 12.1 Å². The van der Waals surface area contributed by atoms with Crippen molar-refractivity contribution in [2.45, 2.75) is 70.6 Å². The van der Waals surface area contributed by atoms with Crippen LogP contribution in [0, 0.1) is 0 Å². The summed E-state index contributed by atoms with van der Waals surface area (Å²) in [6.07, 6.45) is 5.59. The number of rotatable bonds is 5. The Morgan fingerprint density at radius 2 is 1.94 bits per heavy atom. The topological polar surface area (TPSA) is 107 Å². The molecule has 0 spiro atoms. The van der Waals surface area contributed by atoms with E-state index in [1.807, 2.05) is 31.4 Å². The van der Waals surface area contributed by atoms with Crippen molar-refractivity contribution in [3.8, 4) is 16.2 Å². The number of carbonyl (C=O) groups excluding carboxylic acids is 1. The Morgan fingerprint density at radius 3 is 2.58 bits per heavy atom. The Bertz CT molecular complexity index is 1430. The third-order valence-corrected chi connectivity index (χ3v) is 7.84. The number of alkyl carbamates (subject to hydrolysis) is 1. The van der Waals surface area contributed by atoms with Crippen LogP contribution in [0.3, 0.4) is 0 Å². The SMILES string of the molecule is COc1c(-c2cc3c(s2)CCCC3NC(=O)OC(C)(C)C)ccc2c(=O)c(C(=O)O)cn(C3CC3)c12. The molecule has 3 aromatic rings. The minimum atomic E-state index is -1.23. The molecule has 0 aliphatic heterocycles. The maximum atomic E-state index is 13.0. The van der Waals surface area contributed by atoms with Crippen LogP contribution in [0.5, 0.6) is 5.75 Å². The van der Waals surface area contributed by atoms with E-state index in [2.05, 4.69) is 11.4 Å². The van der Waals surface area contributed by atoms with Crippen molar-refractivity contribution in [2.75, 3.05) is 7.11 Å². The van der Waals surface area contributed by atoms with E-state index >= 15 is 0 Å². The van der Waals surface area contributed by atoms with Gasteiger partial charge in [0, 0.05) is 27.6 Å². The summed E-state index contributed by atoms with van der Waals surface area (Å²) >= 11 is 1.66. The Morgan fingerprint density at radius 1 is 1.19 bits per heavy atom. The van der Waals surface area contributed by atoms with E-state index in [1.54, 1.807) is 24.5 Å². The lowest BCUT2D eigenvalue weighted by molar-refractivity contribution is 0.0498. The predicted molar refractivity (Wildman–Crippen MR) is 138 cm³/mol. The second-order valence-corrected chi connectivity index (χ2v) is 11.6. The van der Waals surface area contributed by atoms with E-state index in [9.17, 15) is 19.5 Å². The molecule has 9 heteroatoms. The fourth-order valence-electron chi connectivity index (χ4n) is 4.90. The Labute approximate surface area is 212 Å². The van der Waals surface area contributed by atoms with E-state index in [0.717, 1.165) is 48.1 Å². The van der Waals surface area contributed by atoms with Crippen LogP contribution in [0.25, 0.3) is 21.3 Å². The van der Waals surface area contributed by atoms with Crippen LogP contribution in [0.15, 0.2) is 29.2 Å². The number of ether oxygens (including phenoxy) is 2. The fraction of sp³-hybridized carbons (Fsp3) is 0.444. The molecule has 190 valence electrons. The van der Waals surface area contributed by atoms with Crippen molar-refractivity contribution < 1.29 is 24.2 Å². The second-order valence-electron chi connectivity index (χ2n) is 10.4. The monoisotopic (exact) mass is 510 g/mol. The van der Waals surface area contributed by atoms with Crippen molar-refractivity contribution in [1.29, 1.82) is 0 Å². The minimum absolute atomic E-state index is 0.136. The average molecular weight is 511 g/mol. The Balaban J connectivity index is 1.59. The van der Waals surface area contributed by atoms with Crippen LogP contribution in [0.4, 0.5) is 4.79 Å². The van der Waals surface area contributed by atoms with Gasteiger partial charge in [-0.15, -0.1) is 11.3 Å². The number of fused-ring (bicyclic) bond motifs is 2. The van der Waals surface area contributed by atoms with Gasteiger partial charge < -0.3 is 24.5 Å². The van der Waals surface area contributed by atoms with E-state index in [1.165, 1.54) is 11.1 Å². The number of thiophene rings is 1. The Hall–Kier alpha value is -3.33. The molecule has 1 aromatic carbocycles. The lowest BCUT2D eigenvalue weighted by Crippen LogP contribution is -2.35. The third kappa shape index (κ3) is 4.48. The number of aromatic nitrogens is 1. The molecular weight excluding hydrogens is 480 g/mol. The number of benzene rings is 1. The summed E-state index contributed by atoms with van der Waals surface area (Å²) < 4.78 is 13.2. The van der Waals surface area contributed by atoms with Gasteiger partial charge in [0.2, 0.25) is 5.43 Å². The van der Waals surface area contributed by atoms with Gasteiger partial charge in [-0.25, -0.2) is 9.59 Å². The normalized spacial score (nSPS) is 17.5. The number of carboxylic acid groups (broad SMARTS) is 1. The first kappa shape index (κ1) is 24.4. The van der Waals surface area contributed by atoms with Crippen LogP contribution in [-0.2, 0) is 11.2 Å². The molecule has 0 saturated heterocycles. The van der Waals surface area contributed by atoms with Gasteiger partial charge in [-0.1, -0.05) is 0 Å². The number of nitrogens with one attached hydrogen (secondary N) is 1. The summed E-state index contributed by atoms with van der Waals surface area (Å²) in [5.41, 5.74) is 1.24. The molecular formula is C27H30N2O6S. The van der Waals surface area contributed by atoms with Gasteiger partial charge in [-0.2, -0.15) is 0 Å². The highest BCUT2D eigenvalue weighted by molar-refractivity contribution is 7.15. The molecule has 2 heterocycles. The highest BCUT2D eigenvalue weighted by atomic mass is 32.1. The van der Waals surface area contributed by atoms with Crippen molar-refractivity contribution >= 4 is 34.3 Å². The molecule has 5 rings (SSSR count). The lowest BCUT2D eigenvalue weighted by Gasteiger charge is -2.26. The van der Waals surface area contributed by atoms with Gasteiger partial charge in [-0.05, 0) is 76.6 Å². The summed E-state index contributed by atoms with van der Waals surface area (Å²) in [5.74, 6) is -0.669. The zero-order valence-electron chi connectivity index (χ0n) is 20.8. The lowest BCUT2D eigenvalue weighted by atomic mass is 9.93. The van der Waals surface area contributed by atoms with Crippen LogP contribution in [0.2, 0.25) is 0 Å². The molecule has 36 heavy (non-hydrogen) atoms. The maximum absolute atomic E-state index is 13.0. The van der Waals surface area contributed by atoms with Crippen molar-refractivity contribution in [1.82, 2.24) is 9.88 Å². The number of methoxy groups -OCH3 is 1. The molecule has 2 aromatic heterocycles. The second kappa shape index (κ2) is 8.96. The summed E-state index contributed by atoms with van der Waals surface area (Å²) in [6, 6.07) is 5.64. The molecule has 1 amide bonds. The number of hydrogen-bond acceptors (Lipinski definition) is 6. The number of carboxylic acids is 1. The van der Waals surface area contributed by atoms with Crippen LogP contribution >= 0.6 is 11.3 Å². The number of aromatic carboxylic acids is 1. The standard InChI is InChI=1S/C27H30N2O6S/c1-27(2,3)35-26(33)28-19-6-5-7-20-17(19)12-21(36-20)15-10-11-16-22(24(15)34-4)29(14-8-9-14)13-18(23(16)30)25(31)32/h10-14,19H,5-9H2,1-4H3,(H,28,33)(H,31,32). The quantitative estimate of drug-likeness (QED) is 0.458. The van der Waals surface area contributed by atoms with E-state index < -0.39 is 23.1 Å². The van der Waals surface area contributed by atoms with Crippen molar-refractivity contribution in [3.05, 3.63) is 50.6 Å². The smallest absolute Gasteiger partial charge is 0.408 e. The summed E-state index contributed by atoms with van der Waals surface area (Å²) in [7, 11) is 1.57. The van der Waals surface area contributed by atoms with E-state index in [0.29, 0.717) is 16.7 Å². The molecule has 2 aliphatic rings. The predicted octanol–water partition coefficient (Wildman–Crippen LogP) is 5.67. The summed E-state index contributed by atoms with van der Waals surface area (Å²) in [4.78, 5) is 39.3. The van der Waals surface area contributed by atoms with E-state index in [4.69, 9.17) is 9.47 Å². The fourth-order valence-corrected chi connectivity index (χ4v) is 6.19. The molecule has 1 unspecified atom stereocenters. The van der Waals surface area contributed by atoms with E-state index in [-0.39, 0.29) is 17.6 Å². The molecule has 2 aliphatic carbocycles. The molecule has 1 saturated carbocycles. The first-order chi connectivity index (χ1) is 17.1. The van der Waals surface area contributed by atoms with Crippen LogP contribution in [0.1, 0.15) is 79.3 Å². The number of hydrogen-bond donors (Lipinski definition) is 2. The zero-order chi connectivity index (χ0) is 25.8. The molecule has 0 radical (unpaired) electrons. The van der Waals surface area contributed by atoms with Gasteiger partial charge in [0.25, 0.3) is 0 Å². The molecule has 1 fully saturated rings. The van der Waals surface area contributed by atoms with Gasteiger partial charge in [0.15, 0.2) is 5.75 Å². The zero-order valence-corrected chi connectivity index (χ0v) is 21.7. The minimum Gasteiger partial charge on any atom is -0.494 e. The summed E-state index contributed by atoms with van der Waals surface area (Å²) in [6.45, 7) is 5.52. The van der Waals surface area contributed by atoms with Crippen LogP contribution < -0.4 is 15.5 Å².